The van der Waals surface area contributed by atoms with Crippen molar-refractivity contribution in [3.8, 4) is 0 Å². The highest BCUT2D eigenvalue weighted by atomic mass is 35.5. The Morgan fingerprint density at radius 1 is 1.43 bits per heavy atom. The van der Waals surface area contributed by atoms with Gasteiger partial charge in [0, 0.05) is 11.7 Å². The molecule has 1 atom stereocenters. The Labute approximate surface area is 136 Å². The number of rotatable bonds is 6. The molecule has 0 aliphatic heterocycles. The number of anilines is 1. The number of thiocarbonyl (C=S) groups is 1. The average molecular weight is 329 g/mol. The summed E-state index contributed by atoms with van der Waals surface area (Å²) < 4.78 is 4.93. The van der Waals surface area contributed by atoms with Gasteiger partial charge in [0.05, 0.1) is 17.2 Å². The van der Waals surface area contributed by atoms with Crippen molar-refractivity contribution in [1.82, 2.24) is 5.32 Å². The first-order chi connectivity index (χ1) is 9.97. The van der Waals surface area contributed by atoms with Gasteiger partial charge in [0.2, 0.25) is 0 Å². The molecule has 21 heavy (non-hydrogen) atoms. The van der Waals surface area contributed by atoms with E-state index in [0.29, 0.717) is 28.3 Å². The smallest absolute Gasteiger partial charge is 0.339 e. The summed E-state index contributed by atoms with van der Waals surface area (Å²) in [7, 11) is 0. The minimum absolute atomic E-state index is 0.310. The Morgan fingerprint density at radius 3 is 2.71 bits per heavy atom. The zero-order valence-corrected chi connectivity index (χ0v) is 14.1. The van der Waals surface area contributed by atoms with E-state index in [4.69, 9.17) is 28.6 Å². The summed E-state index contributed by atoms with van der Waals surface area (Å²) in [5.41, 5.74) is 1.08. The van der Waals surface area contributed by atoms with Gasteiger partial charge in [0.25, 0.3) is 0 Å². The molecule has 0 amide bonds. The SMILES string of the molecule is CCC[C@@H](C)NC(=S)Nc1ccc(C(=O)OCC)c(Cl)c1. The summed E-state index contributed by atoms with van der Waals surface area (Å²) in [5.74, 6) is -0.425. The van der Waals surface area contributed by atoms with E-state index in [1.807, 2.05) is 0 Å². The fraction of sp³-hybridized carbons (Fsp3) is 0.467. The maximum atomic E-state index is 11.7. The van der Waals surface area contributed by atoms with Crippen molar-refractivity contribution in [3.63, 3.8) is 0 Å². The van der Waals surface area contributed by atoms with Gasteiger partial charge in [-0.05, 0) is 50.7 Å². The molecule has 0 bridgehead atoms. The first-order valence-corrected chi connectivity index (χ1v) is 7.80. The van der Waals surface area contributed by atoms with Crippen LogP contribution in [0.5, 0.6) is 0 Å². The molecule has 0 spiro atoms. The summed E-state index contributed by atoms with van der Waals surface area (Å²) in [4.78, 5) is 11.7. The molecule has 0 saturated heterocycles. The lowest BCUT2D eigenvalue weighted by Crippen LogP contribution is -2.35. The minimum atomic E-state index is -0.425. The summed E-state index contributed by atoms with van der Waals surface area (Å²) in [6.07, 6.45) is 2.14. The third-order valence-corrected chi connectivity index (χ3v) is 3.35. The van der Waals surface area contributed by atoms with E-state index in [-0.39, 0.29) is 0 Å². The van der Waals surface area contributed by atoms with Crippen molar-refractivity contribution < 1.29 is 9.53 Å². The first kappa shape index (κ1) is 17.7. The van der Waals surface area contributed by atoms with E-state index >= 15 is 0 Å². The largest absolute Gasteiger partial charge is 0.462 e. The minimum Gasteiger partial charge on any atom is -0.462 e. The third kappa shape index (κ3) is 5.89. The molecule has 2 N–H and O–H groups in total. The Balaban J connectivity index is 2.67. The summed E-state index contributed by atoms with van der Waals surface area (Å²) in [6.45, 7) is 6.28. The van der Waals surface area contributed by atoms with Crippen LogP contribution >= 0.6 is 23.8 Å². The number of ether oxygens (including phenoxy) is 1. The molecule has 0 fully saturated rings. The van der Waals surface area contributed by atoms with Gasteiger partial charge in [-0.25, -0.2) is 4.79 Å². The standard InChI is InChI=1S/C15H21ClN2O2S/c1-4-6-10(3)17-15(21)18-11-7-8-12(13(16)9-11)14(19)20-5-2/h7-10H,4-6H2,1-3H3,(H2,17,18,21)/t10-/m1/s1. The Morgan fingerprint density at radius 2 is 2.14 bits per heavy atom. The van der Waals surface area contributed by atoms with Crippen molar-refractivity contribution in [2.45, 2.75) is 39.7 Å². The lowest BCUT2D eigenvalue weighted by Gasteiger charge is -2.16. The Hall–Kier alpha value is -1.33. The highest BCUT2D eigenvalue weighted by molar-refractivity contribution is 7.80. The van der Waals surface area contributed by atoms with Crippen LogP contribution < -0.4 is 10.6 Å². The van der Waals surface area contributed by atoms with Crippen LogP contribution in [0.2, 0.25) is 5.02 Å². The van der Waals surface area contributed by atoms with Gasteiger partial charge in [-0.3, -0.25) is 0 Å². The number of hydrogen-bond acceptors (Lipinski definition) is 3. The number of nitrogens with one attached hydrogen (secondary N) is 2. The van der Waals surface area contributed by atoms with Gasteiger partial charge in [-0.1, -0.05) is 24.9 Å². The topological polar surface area (TPSA) is 50.4 Å². The van der Waals surface area contributed by atoms with E-state index in [9.17, 15) is 4.79 Å². The fourth-order valence-electron chi connectivity index (χ4n) is 1.86. The molecular weight excluding hydrogens is 308 g/mol. The van der Waals surface area contributed by atoms with Crippen molar-refractivity contribution >= 4 is 40.6 Å². The van der Waals surface area contributed by atoms with Crippen LogP contribution in [0.15, 0.2) is 18.2 Å². The quantitative estimate of drug-likeness (QED) is 0.611. The lowest BCUT2D eigenvalue weighted by molar-refractivity contribution is 0.0526. The van der Waals surface area contributed by atoms with Gasteiger partial charge in [0.15, 0.2) is 5.11 Å². The second kappa shape index (κ2) is 8.85. The van der Waals surface area contributed by atoms with Crippen molar-refractivity contribution in [3.05, 3.63) is 28.8 Å². The number of carbonyl (C=O) groups excluding carboxylic acids is 1. The van der Waals surface area contributed by atoms with Gasteiger partial charge in [0.1, 0.15) is 0 Å². The molecule has 0 radical (unpaired) electrons. The summed E-state index contributed by atoms with van der Waals surface area (Å²) in [5, 5.41) is 7.12. The molecule has 0 aliphatic carbocycles. The Bertz CT molecular complexity index is 508. The average Bonchev–Trinajstić information content (AvgIpc) is 2.38. The zero-order chi connectivity index (χ0) is 15.8. The molecule has 1 aromatic carbocycles. The maximum absolute atomic E-state index is 11.7. The molecular formula is C15H21ClN2O2S. The monoisotopic (exact) mass is 328 g/mol. The first-order valence-electron chi connectivity index (χ1n) is 7.02. The maximum Gasteiger partial charge on any atom is 0.339 e. The van der Waals surface area contributed by atoms with E-state index in [1.165, 1.54) is 0 Å². The number of hydrogen-bond donors (Lipinski definition) is 2. The van der Waals surface area contributed by atoms with E-state index in [2.05, 4.69) is 24.5 Å². The van der Waals surface area contributed by atoms with Gasteiger partial charge >= 0.3 is 5.97 Å². The van der Waals surface area contributed by atoms with Crippen molar-refractivity contribution in [1.29, 1.82) is 0 Å². The second-order valence-corrected chi connectivity index (χ2v) is 5.52. The predicted octanol–water partition coefficient (Wildman–Crippen LogP) is 3.99. The molecule has 1 aromatic rings. The van der Waals surface area contributed by atoms with Gasteiger partial charge in [-0.15, -0.1) is 0 Å². The number of esters is 1. The van der Waals surface area contributed by atoms with Crippen LogP contribution in [0, 0.1) is 0 Å². The fourth-order valence-corrected chi connectivity index (χ4v) is 2.44. The Kier molecular flexibility index (Phi) is 7.47. The van der Waals surface area contributed by atoms with Crippen LogP contribution in [0.1, 0.15) is 44.0 Å². The van der Waals surface area contributed by atoms with Crippen molar-refractivity contribution in [2.24, 2.45) is 0 Å². The van der Waals surface area contributed by atoms with Crippen LogP contribution in [-0.4, -0.2) is 23.7 Å². The lowest BCUT2D eigenvalue weighted by atomic mass is 10.2. The van der Waals surface area contributed by atoms with E-state index in [0.717, 1.165) is 18.5 Å². The highest BCUT2D eigenvalue weighted by Crippen LogP contribution is 2.21. The number of halogens is 1. The van der Waals surface area contributed by atoms with E-state index < -0.39 is 5.97 Å². The molecule has 1 rings (SSSR count). The normalized spacial score (nSPS) is 11.6. The molecule has 0 aliphatic rings. The molecule has 0 unspecified atom stereocenters. The van der Waals surface area contributed by atoms with Crippen LogP contribution in [-0.2, 0) is 4.74 Å². The van der Waals surface area contributed by atoms with Gasteiger partial charge in [-0.2, -0.15) is 0 Å². The molecule has 0 saturated carbocycles. The molecule has 6 heteroatoms. The van der Waals surface area contributed by atoms with E-state index in [1.54, 1.807) is 25.1 Å². The van der Waals surface area contributed by atoms with Crippen molar-refractivity contribution in [2.75, 3.05) is 11.9 Å². The molecule has 0 heterocycles. The predicted molar refractivity (Wildman–Crippen MR) is 91.1 cm³/mol. The zero-order valence-electron chi connectivity index (χ0n) is 12.5. The molecule has 4 nitrogen and oxygen atoms in total. The molecule has 0 aromatic heterocycles. The highest BCUT2D eigenvalue weighted by Gasteiger charge is 2.12. The summed E-state index contributed by atoms with van der Waals surface area (Å²) in [6, 6.07) is 5.34. The summed E-state index contributed by atoms with van der Waals surface area (Å²) >= 11 is 11.3. The third-order valence-electron chi connectivity index (χ3n) is 2.82. The molecule has 116 valence electrons. The van der Waals surface area contributed by atoms with Crippen LogP contribution in [0.25, 0.3) is 0 Å². The van der Waals surface area contributed by atoms with Crippen LogP contribution in [0.3, 0.4) is 0 Å². The van der Waals surface area contributed by atoms with Gasteiger partial charge < -0.3 is 15.4 Å². The number of carbonyl (C=O) groups is 1. The number of benzene rings is 1. The second-order valence-electron chi connectivity index (χ2n) is 4.70. The van der Waals surface area contributed by atoms with Crippen LogP contribution in [0.4, 0.5) is 5.69 Å².